The van der Waals surface area contributed by atoms with Crippen LogP contribution in [0.2, 0.25) is 0 Å². The standard InChI is InChI=1S/C24H29N5O5/c1-17-15-20(27-11-13-34-14-12-27)4-5-21(17)25-24(31)19-3-6-22(23(16-19)29(32)33)28-9-7-26(8-10-28)18(2)30/h3-6,15-16H,7-14H2,1-2H3,(H,25,31). The number of nitrogens with zero attached hydrogens (tertiary/aromatic N) is 4. The summed E-state index contributed by atoms with van der Waals surface area (Å²) in [4.78, 5) is 41.6. The molecule has 2 aromatic rings. The topological polar surface area (TPSA) is 108 Å². The molecule has 2 fully saturated rings. The molecular weight excluding hydrogens is 438 g/mol. The van der Waals surface area contributed by atoms with Crippen LogP contribution in [-0.4, -0.2) is 74.1 Å². The first-order valence-electron chi connectivity index (χ1n) is 11.4. The van der Waals surface area contributed by atoms with Crippen molar-refractivity contribution >= 4 is 34.6 Å². The molecule has 0 aromatic heterocycles. The second-order valence-electron chi connectivity index (χ2n) is 8.51. The van der Waals surface area contributed by atoms with E-state index in [-0.39, 0.29) is 17.2 Å². The highest BCUT2D eigenvalue weighted by Gasteiger charge is 2.26. The molecule has 1 N–H and O–H groups in total. The van der Waals surface area contributed by atoms with E-state index in [1.807, 2.05) is 30.0 Å². The van der Waals surface area contributed by atoms with Crippen molar-refractivity contribution in [1.82, 2.24) is 4.90 Å². The molecule has 34 heavy (non-hydrogen) atoms. The van der Waals surface area contributed by atoms with E-state index in [0.29, 0.717) is 50.8 Å². The largest absolute Gasteiger partial charge is 0.378 e. The molecule has 2 heterocycles. The van der Waals surface area contributed by atoms with Gasteiger partial charge in [-0.2, -0.15) is 0 Å². The number of nitro benzene ring substituents is 1. The molecule has 4 rings (SSSR count). The van der Waals surface area contributed by atoms with Gasteiger partial charge in [0.1, 0.15) is 5.69 Å². The fourth-order valence-corrected chi connectivity index (χ4v) is 4.34. The minimum atomic E-state index is -0.466. The van der Waals surface area contributed by atoms with E-state index >= 15 is 0 Å². The van der Waals surface area contributed by atoms with Crippen molar-refractivity contribution in [2.75, 3.05) is 67.6 Å². The van der Waals surface area contributed by atoms with Crippen molar-refractivity contribution in [3.8, 4) is 0 Å². The predicted molar refractivity (Wildman–Crippen MR) is 130 cm³/mol. The molecule has 0 bridgehead atoms. The van der Waals surface area contributed by atoms with Crippen LogP contribution < -0.4 is 15.1 Å². The normalized spacial score (nSPS) is 16.4. The van der Waals surface area contributed by atoms with E-state index in [0.717, 1.165) is 24.3 Å². The maximum atomic E-state index is 12.9. The molecule has 0 saturated carbocycles. The SMILES string of the molecule is CC(=O)N1CCN(c2ccc(C(=O)Nc3ccc(N4CCOCC4)cc3C)cc2[N+](=O)[O-])CC1. The molecule has 180 valence electrons. The first-order valence-corrected chi connectivity index (χ1v) is 11.4. The Bertz CT molecular complexity index is 1090. The number of nitro groups is 1. The maximum Gasteiger partial charge on any atom is 0.293 e. The number of rotatable bonds is 5. The summed E-state index contributed by atoms with van der Waals surface area (Å²) in [6.07, 6.45) is 0. The van der Waals surface area contributed by atoms with E-state index in [4.69, 9.17) is 4.74 Å². The molecule has 2 saturated heterocycles. The predicted octanol–water partition coefficient (Wildman–Crippen LogP) is 2.66. The number of carbonyl (C=O) groups is 2. The zero-order chi connectivity index (χ0) is 24.2. The number of anilines is 3. The third-order valence-electron chi connectivity index (χ3n) is 6.33. The van der Waals surface area contributed by atoms with Crippen LogP contribution in [0, 0.1) is 17.0 Å². The second-order valence-corrected chi connectivity index (χ2v) is 8.51. The summed E-state index contributed by atoms with van der Waals surface area (Å²) in [7, 11) is 0. The zero-order valence-electron chi connectivity index (χ0n) is 19.5. The summed E-state index contributed by atoms with van der Waals surface area (Å²) in [5.74, 6) is -0.410. The van der Waals surface area contributed by atoms with E-state index in [1.54, 1.807) is 17.0 Å². The first kappa shape index (κ1) is 23.5. The smallest absolute Gasteiger partial charge is 0.293 e. The van der Waals surface area contributed by atoms with Crippen LogP contribution in [0.5, 0.6) is 0 Å². The van der Waals surface area contributed by atoms with E-state index in [1.165, 1.54) is 13.0 Å². The molecule has 0 radical (unpaired) electrons. The van der Waals surface area contributed by atoms with Gasteiger partial charge in [0, 0.05) is 69.2 Å². The summed E-state index contributed by atoms with van der Waals surface area (Å²) in [5.41, 5.74) is 3.19. The Labute approximate surface area is 198 Å². The van der Waals surface area contributed by atoms with Gasteiger partial charge in [0.05, 0.1) is 18.1 Å². The number of piperazine rings is 1. The lowest BCUT2D eigenvalue weighted by Crippen LogP contribution is -2.48. The van der Waals surface area contributed by atoms with Crippen molar-refractivity contribution < 1.29 is 19.2 Å². The Morgan fingerprint density at radius 2 is 1.68 bits per heavy atom. The van der Waals surface area contributed by atoms with Gasteiger partial charge < -0.3 is 24.8 Å². The number of amides is 2. The van der Waals surface area contributed by atoms with E-state index < -0.39 is 10.8 Å². The number of hydrogen-bond donors (Lipinski definition) is 1. The van der Waals surface area contributed by atoms with Crippen molar-refractivity contribution in [3.63, 3.8) is 0 Å². The maximum absolute atomic E-state index is 12.9. The molecule has 10 heteroatoms. The summed E-state index contributed by atoms with van der Waals surface area (Å²) in [5, 5.41) is 14.7. The highest BCUT2D eigenvalue weighted by atomic mass is 16.6. The van der Waals surface area contributed by atoms with Crippen molar-refractivity contribution in [1.29, 1.82) is 0 Å². The van der Waals surface area contributed by atoms with Crippen LogP contribution in [0.3, 0.4) is 0 Å². The van der Waals surface area contributed by atoms with Gasteiger partial charge >= 0.3 is 0 Å². The number of benzene rings is 2. The van der Waals surface area contributed by atoms with Crippen LogP contribution in [0.1, 0.15) is 22.8 Å². The second kappa shape index (κ2) is 10.1. The molecule has 10 nitrogen and oxygen atoms in total. The number of ether oxygens (including phenoxy) is 1. The van der Waals surface area contributed by atoms with Crippen LogP contribution in [0.15, 0.2) is 36.4 Å². The fraction of sp³-hybridized carbons (Fsp3) is 0.417. The Balaban J connectivity index is 1.48. The van der Waals surface area contributed by atoms with Gasteiger partial charge in [0.25, 0.3) is 11.6 Å². The molecule has 2 aliphatic rings. The summed E-state index contributed by atoms with van der Waals surface area (Å²) >= 11 is 0. The highest BCUT2D eigenvalue weighted by molar-refractivity contribution is 6.05. The Morgan fingerprint density at radius 1 is 0.971 bits per heavy atom. The van der Waals surface area contributed by atoms with Gasteiger partial charge in [-0.15, -0.1) is 0 Å². The lowest BCUT2D eigenvalue weighted by Gasteiger charge is -2.35. The van der Waals surface area contributed by atoms with E-state index in [9.17, 15) is 19.7 Å². The molecule has 0 aliphatic carbocycles. The third-order valence-corrected chi connectivity index (χ3v) is 6.33. The molecule has 0 atom stereocenters. The summed E-state index contributed by atoms with van der Waals surface area (Å²) in [6, 6.07) is 10.4. The Kier molecular flexibility index (Phi) is 6.97. The molecule has 2 aliphatic heterocycles. The number of hydrogen-bond acceptors (Lipinski definition) is 7. The lowest BCUT2D eigenvalue weighted by molar-refractivity contribution is -0.384. The Hall–Kier alpha value is -3.66. The molecule has 2 amide bonds. The number of nitrogens with one attached hydrogen (secondary N) is 1. The van der Waals surface area contributed by atoms with Gasteiger partial charge in [-0.05, 0) is 42.8 Å². The quantitative estimate of drug-likeness (QED) is 0.532. The Morgan fingerprint density at radius 3 is 2.29 bits per heavy atom. The van der Waals surface area contributed by atoms with Crippen molar-refractivity contribution in [2.24, 2.45) is 0 Å². The van der Waals surface area contributed by atoms with Crippen LogP contribution in [-0.2, 0) is 9.53 Å². The minimum absolute atomic E-state index is 0.00515. The van der Waals surface area contributed by atoms with Crippen LogP contribution >= 0.6 is 0 Å². The lowest BCUT2D eigenvalue weighted by atomic mass is 10.1. The van der Waals surface area contributed by atoms with Gasteiger partial charge in [0.2, 0.25) is 5.91 Å². The first-order chi connectivity index (χ1) is 16.3. The van der Waals surface area contributed by atoms with E-state index in [2.05, 4.69) is 10.2 Å². The zero-order valence-corrected chi connectivity index (χ0v) is 19.5. The molecule has 0 spiro atoms. The summed E-state index contributed by atoms with van der Waals surface area (Å²) < 4.78 is 5.40. The third kappa shape index (κ3) is 5.12. The minimum Gasteiger partial charge on any atom is -0.378 e. The monoisotopic (exact) mass is 467 g/mol. The average Bonchev–Trinajstić information content (AvgIpc) is 2.85. The van der Waals surface area contributed by atoms with Crippen LogP contribution in [0.4, 0.5) is 22.7 Å². The molecular formula is C24H29N5O5. The fourth-order valence-electron chi connectivity index (χ4n) is 4.34. The number of aryl methyl sites for hydroxylation is 1. The van der Waals surface area contributed by atoms with Crippen molar-refractivity contribution in [3.05, 3.63) is 57.6 Å². The number of carbonyl (C=O) groups excluding carboxylic acids is 2. The molecule has 0 unspecified atom stereocenters. The van der Waals surface area contributed by atoms with Gasteiger partial charge in [0.15, 0.2) is 0 Å². The highest BCUT2D eigenvalue weighted by Crippen LogP contribution is 2.31. The average molecular weight is 468 g/mol. The van der Waals surface area contributed by atoms with Gasteiger partial charge in [-0.1, -0.05) is 0 Å². The van der Waals surface area contributed by atoms with Crippen molar-refractivity contribution in [2.45, 2.75) is 13.8 Å². The van der Waals surface area contributed by atoms with Gasteiger partial charge in [-0.25, -0.2) is 0 Å². The summed E-state index contributed by atoms with van der Waals surface area (Å²) in [6.45, 7) is 8.49. The molecule has 2 aromatic carbocycles. The van der Waals surface area contributed by atoms with Crippen LogP contribution in [0.25, 0.3) is 0 Å². The number of morpholine rings is 1. The van der Waals surface area contributed by atoms with Gasteiger partial charge in [-0.3, -0.25) is 19.7 Å².